The van der Waals surface area contributed by atoms with Gasteiger partial charge in [-0.05, 0) is 108 Å². The van der Waals surface area contributed by atoms with Crippen LogP contribution in [0.5, 0.6) is 17.2 Å². The minimum absolute atomic E-state index is 0.334. The van der Waals surface area contributed by atoms with Crippen LogP contribution in [-0.4, -0.2) is 103 Å². The third-order valence-electron chi connectivity index (χ3n) is 15.0. The van der Waals surface area contributed by atoms with Crippen molar-refractivity contribution in [3.63, 3.8) is 0 Å². The monoisotopic (exact) mass is 842 g/mol. The van der Waals surface area contributed by atoms with Crippen LogP contribution >= 0.6 is 0 Å². The van der Waals surface area contributed by atoms with Crippen LogP contribution in [-0.2, 0) is 0 Å². The number of phenols is 3. The van der Waals surface area contributed by atoms with Gasteiger partial charge in [0.05, 0.1) is 16.7 Å². The van der Waals surface area contributed by atoms with E-state index in [4.69, 9.17) is 4.98 Å². The molecule has 0 saturated heterocycles. The van der Waals surface area contributed by atoms with Crippen LogP contribution < -0.4 is 54.6 Å². The molecule has 15 heteroatoms. The van der Waals surface area contributed by atoms with Gasteiger partial charge in [0, 0.05) is 5.56 Å². The highest BCUT2D eigenvalue weighted by atomic mass is 16.3. The van der Waals surface area contributed by atoms with Crippen LogP contribution in [0.1, 0.15) is 0 Å². The molecule has 1 aromatic heterocycles. The van der Waals surface area contributed by atoms with Gasteiger partial charge in [-0.25, -0.2) is 4.98 Å². The summed E-state index contributed by atoms with van der Waals surface area (Å²) in [7, 11) is 21.8. The van der Waals surface area contributed by atoms with E-state index in [1.54, 1.807) is 7.85 Å². The zero-order chi connectivity index (χ0) is 46.5. The largest absolute Gasteiger partial charge is 0.505 e. The van der Waals surface area contributed by atoms with Crippen molar-refractivity contribution < 1.29 is 15.3 Å². The molecule has 306 valence electrons. The summed E-state index contributed by atoms with van der Waals surface area (Å²) >= 11 is 0. The summed E-state index contributed by atoms with van der Waals surface area (Å²) < 4.78 is 1.92. The van der Waals surface area contributed by atoms with E-state index in [1.165, 1.54) is 104 Å². The molecule has 3 N–H and O–H groups in total. The number of nitrogens with zero attached hydrogens (tertiary/aromatic N) is 2. The summed E-state index contributed by atoms with van der Waals surface area (Å²) in [5, 5.41) is 38.3. The van der Waals surface area contributed by atoms with E-state index in [2.05, 4.69) is 166 Å². The highest BCUT2D eigenvalue weighted by Gasteiger charge is 2.28. The lowest BCUT2D eigenvalue weighted by Gasteiger charge is -2.28. The van der Waals surface area contributed by atoms with Crippen LogP contribution in [0.2, 0.25) is 0 Å². The number of benzene rings is 9. The van der Waals surface area contributed by atoms with E-state index in [0.29, 0.717) is 22.4 Å². The molecule has 0 spiro atoms. The molecule has 0 radical (unpaired) electrons. The molecule has 0 amide bonds. The first-order valence-electron chi connectivity index (χ1n) is 22.7. The van der Waals surface area contributed by atoms with Gasteiger partial charge in [-0.1, -0.05) is 118 Å². The second kappa shape index (κ2) is 16.2. The second-order valence-electron chi connectivity index (χ2n) is 18.3. The Balaban J connectivity index is 1.36. The maximum Gasteiger partial charge on any atom is 0.201 e. The predicted molar refractivity (Wildman–Crippen MR) is 310 cm³/mol. The number of para-hydroxylation sites is 2. The summed E-state index contributed by atoms with van der Waals surface area (Å²) in [5.74, 6) is -0.678. The van der Waals surface area contributed by atoms with Gasteiger partial charge in [-0.15, -0.1) is 21.9 Å². The summed E-state index contributed by atoms with van der Waals surface area (Å²) in [4.78, 5) is 5.23. The van der Waals surface area contributed by atoms with Crippen LogP contribution in [0.15, 0.2) is 127 Å². The third-order valence-corrected chi connectivity index (χ3v) is 15.0. The summed E-state index contributed by atoms with van der Waals surface area (Å²) in [6, 6.07) is 45.0. The molecule has 9 aromatic carbocycles. The zero-order valence-electron chi connectivity index (χ0n) is 39.4. The van der Waals surface area contributed by atoms with Gasteiger partial charge >= 0.3 is 0 Å². The molecule has 0 unspecified atom stereocenters. The Morgan fingerprint density at radius 1 is 0.333 bits per heavy atom. The molecular formula is C51H44B10N2O3. The Bertz CT molecular complexity index is 3530. The number of hydrogen-bond donors (Lipinski definition) is 3. The summed E-state index contributed by atoms with van der Waals surface area (Å²) in [6.45, 7) is 0. The number of rotatable bonds is 6. The van der Waals surface area contributed by atoms with Crippen molar-refractivity contribution in [3.05, 3.63) is 127 Å². The minimum Gasteiger partial charge on any atom is -0.505 e. The Kier molecular flexibility index (Phi) is 10.5. The number of imidazole rings is 1. The van der Waals surface area contributed by atoms with Crippen molar-refractivity contribution in [2.24, 2.45) is 0 Å². The highest BCUT2D eigenvalue weighted by Crippen LogP contribution is 2.45. The lowest BCUT2D eigenvalue weighted by Crippen LogP contribution is -2.50. The van der Waals surface area contributed by atoms with Crippen LogP contribution in [0.4, 0.5) is 0 Å². The van der Waals surface area contributed by atoms with Gasteiger partial charge in [0.1, 0.15) is 84.3 Å². The highest BCUT2D eigenvalue weighted by molar-refractivity contribution is 6.71. The van der Waals surface area contributed by atoms with Crippen LogP contribution in [0.3, 0.4) is 0 Å². The van der Waals surface area contributed by atoms with E-state index in [9.17, 15) is 15.3 Å². The van der Waals surface area contributed by atoms with Crippen LogP contribution in [0.25, 0.3) is 94.2 Å². The Morgan fingerprint density at radius 3 is 1.26 bits per heavy atom. The molecule has 0 bridgehead atoms. The summed E-state index contributed by atoms with van der Waals surface area (Å²) in [6.07, 6.45) is 0. The SMILES string of the molecule is Bc1c(B)c(-n2c(-c3cccc(-c4c5c(B)c(B)c(B)c(B)c5c(-c5cc(-c6ccccc6)cc(-c6ccccc6)c5)c5c(B)c(B)c(B)c(B)c45)c3)nc3ccccc32)c(O)c(O)c1O. The number of phenolic OH excluding ortho intramolecular Hbond substituents is 3. The van der Waals surface area contributed by atoms with Gasteiger partial charge in [-0.2, -0.15) is 0 Å². The van der Waals surface area contributed by atoms with Gasteiger partial charge < -0.3 is 15.3 Å². The molecular weight excluding hydrogens is 797 g/mol. The first kappa shape index (κ1) is 42.9. The smallest absolute Gasteiger partial charge is 0.201 e. The van der Waals surface area contributed by atoms with Crippen molar-refractivity contribution in [1.82, 2.24) is 9.55 Å². The van der Waals surface area contributed by atoms with E-state index >= 15 is 0 Å². The summed E-state index contributed by atoms with van der Waals surface area (Å²) in [5.41, 5.74) is 23.3. The molecule has 10 aromatic rings. The van der Waals surface area contributed by atoms with E-state index in [-0.39, 0.29) is 5.75 Å². The standard InChI is InChI=1S/C51H44B10N2O3/c52-37-33-31(24-14-9-15-25(18-24)51-62-29-16-7-8-17-30(29)63(51)47-45(60)46(61)48(64)50(66)49(47)65)34-36(40(55)44(59)42(57)38(34)53)32(35(33)39(54)43(58)41(37)56)28-20-26(22-10-3-1-4-11-22)19-27(21-28)23-12-5-2-6-13-23/h1-21,64-66H,52-61H2. The molecule has 0 aliphatic carbocycles. The molecule has 66 heavy (non-hydrogen) atoms. The number of fused-ring (bicyclic) bond motifs is 3. The zero-order valence-corrected chi connectivity index (χ0v) is 39.4. The molecule has 1 heterocycles. The first-order valence-corrected chi connectivity index (χ1v) is 22.7. The topological polar surface area (TPSA) is 78.5 Å². The molecule has 5 nitrogen and oxygen atoms in total. The molecule has 0 aliphatic rings. The number of aromatic hydroxyl groups is 3. The van der Waals surface area contributed by atoms with Gasteiger partial charge in [0.15, 0.2) is 11.5 Å². The number of aromatic nitrogens is 2. The fraction of sp³-hybridized carbons (Fsp3) is 0. The van der Waals surface area contributed by atoms with Crippen molar-refractivity contribution in [2.75, 3.05) is 0 Å². The fourth-order valence-electron chi connectivity index (χ4n) is 10.5. The molecule has 0 aliphatic heterocycles. The lowest BCUT2D eigenvalue weighted by atomic mass is 9.59. The Hall–Kier alpha value is -6.98. The fourth-order valence-corrected chi connectivity index (χ4v) is 10.5. The second-order valence-corrected chi connectivity index (χ2v) is 18.3. The van der Waals surface area contributed by atoms with Crippen molar-refractivity contribution in [3.8, 4) is 78.8 Å². The van der Waals surface area contributed by atoms with E-state index in [0.717, 1.165) is 22.2 Å². The lowest BCUT2D eigenvalue weighted by molar-refractivity contribution is 0.369. The first-order chi connectivity index (χ1) is 31.7. The Labute approximate surface area is 394 Å². The predicted octanol–water partition coefficient (Wildman–Crippen LogP) is -4.63. The van der Waals surface area contributed by atoms with Crippen molar-refractivity contribution in [2.45, 2.75) is 0 Å². The molecule has 0 saturated carbocycles. The Morgan fingerprint density at radius 2 is 0.742 bits per heavy atom. The van der Waals surface area contributed by atoms with E-state index < -0.39 is 11.5 Å². The quantitative estimate of drug-likeness (QED) is 0.0897. The van der Waals surface area contributed by atoms with Gasteiger partial charge in [-0.3, -0.25) is 4.57 Å². The van der Waals surface area contributed by atoms with Crippen LogP contribution in [0, 0.1) is 0 Å². The average Bonchev–Trinajstić information content (AvgIpc) is 3.73. The average molecular weight is 841 g/mol. The normalized spacial score (nSPS) is 11.5. The van der Waals surface area contributed by atoms with Gasteiger partial charge in [0.25, 0.3) is 0 Å². The van der Waals surface area contributed by atoms with E-state index in [1.807, 2.05) is 36.7 Å². The molecule has 0 fully saturated rings. The maximum atomic E-state index is 11.6. The third kappa shape index (κ3) is 6.49. The molecule has 10 rings (SSSR count). The van der Waals surface area contributed by atoms with Crippen molar-refractivity contribution >= 4 is 166 Å². The van der Waals surface area contributed by atoms with Crippen molar-refractivity contribution in [1.29, 1.82) is 0 Å². The minimum atomic E-state index is -0.554. The molecule has 0 atom stereocenters. The number of hydrogen-bond acceptors (Lipinski definition) is 4. The maximum absolute atomic E-state index is 11.6. The van der Waals surface area contributed by atoms with Gasteiger partial charge in [0.2, 0.25) is 5.75 Å².